The Morgan fingerprint density at radius 2 is 1.92 bits per heavy atom. The van der Waals surface area contributed by atoms with E-state index >= 15 is 0 Å². The largest absolute Gasteiger partial charge is 0.435 e. The molecule has 0 aliphatic heterocycles. The Bertz CT molecular complexity index is 835. The van der Waals surface area contributed by atoms with Crippen molar-refractivity contribution in [3.05, 3.63) is 42.7 Å². The lowest BCUT2D eigenvalue weighted by Gasteiger charge is -2.07. The number of halogens is 2. The van der Waals surface area contributed by atoms with Crippen LogP contribution in [0.15, 0.2) is 42.1 Å². The van der Waals surface area contributed by atoms with Crippen LogP contribution in [0.2, 0.25) is 0 Å². The molecule has 0 N–H and O–H groups in total. The van der Waals surface area contributed by atoms with Gasteiger partial charge in [-0.3, -0.25) is 0 Å². The first-order chi connectivity index (χ1) is 12.2. The van der Waals surface area contributed by atoms with Gasteiger partial charge in [0, 0.05) is 0 Å². The first kappa shape index (κ1) is 17.0. The number of alkyl halides is 2. The Morgan fingerprint density at radius 1 is 1.16 bits per heavy atom. The maximum absolute atomic E-state index is 12.2. The monoisotopic (exact) mass is 366 g/mol. The number of aromatic nitrogens is 8. The molecule has 3 aromatic rings. The number of benzene rings is 1. The van der Waals surface area contributed by atoms with Gasteiger partial charge in [0.05, 0.1) is 18.0 Å². The zero-order chi connectivity index (χ0) is 17.6. The first-order valence-electron chi connectivity index (χ1n) is 6.99. The summed E-state index contributed by atoms with van der Waals surface area (Å²) in [5, 5.41) is 23.5. The van der Waals surface area contributed by atoms with E-state index in [1.54, 1.807) is 22.9 Å². The maximum Gasteiger partial charge on any atom is 0.387 e. The number of allylic oxidation sites excluding steroid dienone is 1. The molecule has 0 saturated carbocycles. The third kappa shape index (κ3) is 4.15. The van der Waals surface area contributed by atoms with Gasteiger partial charge < -0.3 is 4.74 Å². The van der Waals surface area contributed by atoms with Crippen LogP contribution in [-0.4, -0.2) is 47.0 Å². The average Bonchev–Trinajstić information content (AvgIpc) is 3.22. The molecule has 3 rings (SSSR count). The number of rotatable bonds is 8. The third-order valence-corrected chi connectivity index (χ3v) is 3.93. The van der Waals surface area contributed by atoms with Crippen LogP contribution in [0, 0.1) is 0 Å². The molecule has 0 amide bonds. The van der Waals surface area contributed by atoms with E-state index in [4.69, 9.17) is 0 Å². The van der Waals surface area contributed by atoms with Crippen molar-refractivity contribution in [2.45, 2.75) is 24.1 Å². The summed E-state index contributed by atoms with van der Waals surface area (Å²) in [5.74, 6) is 1.03. The van der Waals surface area contributed by atoms with Crippen molar-refractivity contribution in [3.63, 3.8) is 0 Å². The molecule has 0 bridgehead atoms. The summed E-state index contributed by atoms with van der Waals surface area (Å²) in [6, 6.07) is 6.02. The minimum absolute atomic E-state index is 0.0614. The van der Waals surface area contributed by atoms with Gasteiger partial charge in [-0.1, -0.05) is 17.8 Å². The quantitative estimate of drug-likeness (QED) is 0.439. The molecule has 0 atom stereocenters. The molecule has 2 aromatic heterocycles. The van der Waals surface area contributed by atoms with E-state index in [9.17, 15) is 8.78 Å². The second-order valence-corrected chi connectivity index (χ2v) is 5.54. The van der Waals surface area contributed by atoms with Crippen molar-refractivity contribution < 1.29 is 13.5 Å². The van der Waals surface area contributed by atoms with Crippen molar-refractivity contribution in [3.8, 4) is 11.4 Å². The second-order valence-electron chi connectivity index (χ2n) is 4.60. The molecular formula is C13H12F2N8OS. The third-order valence-electron chi connectivity index (χ3n) is 2.97. The molecule has 0 saturated heterocycles. The van der Waals surface area contributed by atoms with Crippen molar-refractivity contribution in [1.82, 2.24) is 40.4 Å². The van der Waals surface area contributed by atoms with Gasteiger partial charge in [0.2, 0.25) is 5.16 Å². The molecule has 9 nitrogen and oxygen atoms in total. The predicted molar refractivity (Wildman–Crippen MR) is 83.4 cm³/mol. The molecule has 0 radical (unpaired) electrons. The molecule has 0 aliphatic carbocycles. The number of hydrogen-bond donors (Lipinski definition) is 0. The topological polar surface area (TPSA) is 96.4 Å². The lowest BCUT2D eigenvalue weighted by molar-refractivity contribution is -0.0498. The van der Waals surface area contributed by atoms with Crippen molar-refractivity contribution >= 4 is 11.8 Å². The fourth-order valence-electron chi connectivity index (χ4n) is 1.93. The Balaban J connectivity index is 1.72. The van der Waals surface area contributed by atoms with E-state index in [0.717, 1.165) is 0 Å². The highest BCUT2D eigenvalue weighted by molar-refractivity contribution is 7.98. The average molecular weight is 366 g/mol. The highest BCUT2D eigenvalue weighted by Crippen LogP contribution is 2.21. The smallest absolute Gasteiger partial charge is 0.387 e. The number of tetrazole rings is 2. The number of thioether (sulfide) groups is 1. The predicted octanol–water partition coefficient (Wildman–Crippen LogP) is 1.73. The van der Waals surface area contributed by atoms with E-state index in [1.165, 1.54) is 28.6 Å². The standard InChI is InChI=1S/C13H12F2N8OS/c1-2-7-22-13(17-19-20-22)25-8-11-16-18-21-23(11)9-3-5-10(6-4-9)24-12(14)15/h2-6,12H,1,7-8H2. The van der Waals surface area contributed by atoms with Crippen molar-refractivity contribution in [2.75, 3.05) is 0 Å². The number of nitrogens with zero attached hydrogens (tertiary/aromatic N) is 8. The van der Waals surface area contributed by atoms with Gasteiger partial charge in [0.1, 0.15) is 5.75 Å². The SMILES string of the molecule is C=CCn1nnnc1SCc1nnnn1-c1ccc(OC(F)F)cc1. The second kappa shape index (κ2) is 7.79. The molecule has 130 valence electrons. The van der Waals surface area contributed by atoms with Crippen LogP contribution in [-0.2, 0) is 12.3 Å². The zero-order valence-corrected chi connectivity index (χ0v) is 13.6. The van der Waals surface area contributed by atoms with Gasteiger partial charge in [-0.25, -0.2) is 4.68 Å². The van der Waals surface area contributed by atoms with Crippen LogP contribution >= 0.6 is 11.8 Å². The van der Waals surface area contributed by atoms with Crippen LogP contribution in [0.4, 0.5) is 8.78 Å². The number of hydrogen-bond acceptors (Lipinski definition) is 8. The van der Waals surface area contributed by atoms with Crippen LogP contribution in [0.5, 0.6) is 5.75 Å². The highest BCUT2D eigenvalue weighted by Gasteiger charge is 2.13. The van der Waals surface area contributed by atoms with Gasteiger partial charge in [-0.2, -0.15) is 13.5 Å². The molecule has 0 aliphatic rings. The van der Waals surface area contributed by atoms with Gasteiger partial charge in [-0.15, -0.1) is 16.8 Å². The van der Waals surface area contributed by atoms with Crippen LogP contribution in [0.25, 0.3) is 5.69 Å². The first-order valence-corrected chi connectivity index (χ1v) is 7.98. The van der Waals surface area contributed by atoms with E-state index < -0.39 is 6.61 Å². The molecular weight excluding hydrogens is 354 g/mol. The zero-order valence-electron chi connectivity index (χ0n) is 12.7. The van der Waals surface area contributed by atoms with Crippen LogP contribution in [0.3, 0.4) is 0 Å². The Kier molecular flexibility index (Phi) is 5.28. The van der Waals surface area contributed by atoms with E-state index in [-0.39, 0.29) is 5.75 Å². The Morgan fingerprint density at radius 3 is 2.64 bits per heavy atom. The summed E-state index contributed by atoms with van der Waals surface area (Å²) in [5.41, 5.74) is 0.618. The van der Waals surface area contributed by atoms with Crippen LogP contribution in [0.1, 0.15) is 5.82 Å². The summed E-state index contributed by atoms with van der Waals surface area (Å²) in [4.78, 5) is 0. The molecule has 1 aromatic carbocycles. The summed E-state index contributed by atoms with van der Waals surface area (Å²) in [7, 11) is 0. The fraction of sp³-hybridized carbons (Fsp3) is 0.231. The summed E-state index contributed by atoms with van der Waals surface area (Å²) < 4.78 is 31.8. The Hall–Kier alpha value is -2.89. The summed E-state index contributed by atoms with van der Waals surface area (Å²) >= 11 is 1.36. The lowest BCUT2D eigenvalue weighted by Crippen LogP contribution is -2.05. The lowest BCUT2D eigenvalue weighted by atomic mass is 10.3. The molecule has 2 heterocycles. The normalized spacial score (nSPS) is 11.0. The highest BCUT2D eigenvalue weighted by atomic mass is 32.2. The van der Waals surface area contributed by atoms with Gasteiger partial charge in [-0.05, 0) is 45.1 Å². The van der Waals surface area contributed by atoms with E-state index in [1.807, 2.05) is 0 Å². The minimum atomic E-state index is -2.87. The Labute approximate surface area is 144 Å². The summed E-state index contributed by atoms with van der Waals surface area (Å²) in [6.07, 6.45) is 1.69. The fourth-order valence-corrected chi connectivity index (χ4v) is 2.72. The maximum atomic E-state index is 12.2. The van der Waals surface area contributed by atoms with Crippen molar-refractivity contribution in [2.24, 2.45) is 0 Å². The molecule has 0 spiro atoms. The minimum Gasteiger partial charge on any atom is -0.435 e. The number of ether oxygens (including phenoxy) is 1. The van der Waals surface area contributed by atoms with Crippen molar-refractivity contribution in [1.29, 1.82) is 0 Å². The van der Waals surface area contributed by atoms with Gasteiger partial charge in [0.25, 0.3) is 0 Å². The van der Waals surface area contributed by atoms with E-state index in [0.29, 0.717) is 29.0 Å². The molecule has 25 heavy (non-hydrogen) atoms. The van der Waals surface area contributed by atoms with Crippen LogP contribution < -0.4 is 4.74 Å². The van der Waals surface area contributed by atoms with Gasteiger partial charge >= 0.3 is 6.61 Å². The van der Waals surface area contributed by atoms with E-state index in [2.05, 4.69) is 42.4 Å². The molecule has 12 heteroatoms. The molecule has 0 fully saturated rings. The van der Waals surface area contributed by atoms with Gasteiger partial charge in [0.15, 0.2) is 5.82 Å². The summed E-state index contributed by atoms with van der Waals surface area (Å²) in [6.45, 7) is 1.27. The molecule has 0 unspecified atom stereocenters.